The van der Waals surface area contributed by atoms with Crippen molar-refractivity contribution in [2.24, 2.45) is 0 Å². The Bertz CT molecular complexity index is 765. The summed E-state index contributed by atoms with van der Waals surface area (Å²) in [6, 6.07) is 0.383. The number of ether oxygens (including phenoxy) is 3. The van der Waals surface area contributed by atoms with Gasteiger partial charge in [0.1, 0.15) is 0 Å². The van der Waals surface area contributed by atoms with Crippen molar-refractivity contribution in [1.82, 2.24) is 0 Å². The summed E-state index contributed by atoms with van der Waals surface area (Å²) in [5.74, 6) is -1.39. The third-order valence-corrected chi connectivity index (χ3v) is 8.14. The molecule has 0 atom stereocenters. The molecule has 0 aliphatic carbocycles. The minimum Gasteiger partial charge on any atom is -0.462 e. The molecule has 9 nitrogen and oxygen atoms in total. The first-order valence-corrected chi connectivity index (χ1v) is 13.7. The van der Waals surface area contributed by atoms with E-state index in [1.165, 1.54) is 14.2 Å². The Morgan fingerprint density at radius 1 is 0.722 bits per heavy atom. The zero-order valence-electron chi connectivity index (χ0n) is 22.4. The molecule has 0 saturated carbocycles. The summed E-state index contributed by atoms with van der Waals surface area (Å²) in [5, 5.41) is 0. The van der Waals surface area contributed by atoms with Crippen LogP contribution in [0.5, 0.6) is 0 Å². The average Bonchev–Trinajstić information content (AvgIpc) is 2.85. The highest BCUT2D eigenvalue weighted by molar-refractivity contribution is 6.60. The second-order valence-electron chi connectivity index (χ2n) is 8.52. The summed E-state index contributed by atoms with van der Waals surface area (Å²) in [6.07, 6.45) is 3.97. The molecule has 0 radical (unpaired) electrons. The van der Waals surface area contributed by atoms with Crippen LogP contribution in [-0.2, 0) is 41.9 Å². The number of rotatable bonds is 20. The smallest absolute Gasteiger partial charge is 0.462 e. The maximum atomic E-state index is 11.7. The first-order valence-electron chi connectivity index (χ1n) is 11.8. The molecule has 0 saturated heterocycles. The molecule has 0 spiro atoms. The van der Waals surface area contributed by atoms with Crippen molar-refractivity contribution in [3.05, 3.63) is 49.1 Å². The molecule has 0 amide bonds. The summed E-state index contributed by atoms with van der Waals surface area (Å²) >= 11 is 0. The Hall–Kier alpha value is -2.53. The molecule has 10 heteroatoms. The van der Waals surface area contributed by atoms with Crippen LogP contribution in [-0.4, -0.2) is 66.4 Å². The second kappa shape index (κ2) is 17.0. The third-order valence-electron chi connectivity index (χ3n) is 5.21. The standard InChI is InChI=1S/C26H42O9Si/c1-10-26(14-11-16-32-23(27)20(2)3,15-12-17-33-24(28)21(4)5)35-36(30-8,31-9)19-13-18-34-25(29)22(6)7/h10H,1-2,4,6,11-19H2,3,5,7-9H3. The van der Waals surface area contributed by atoms with E-state index in [4.69, 9.17) is 27.5 Å². The Morgan fingerprint density at radius 3 is 1.39 bits per heavy atom. The van der Waals surface area contributed by atoms with Crippen molar-refractivity contribution >= 4 is 26.7 Å². The van der Waals surface area contributed by atoms with Gasteiger partial charge in [-0.3, -0.25) is 0 Å². The van der Waals surface area contributed by atoms with Gasteiger partial charge in [-0.05, 0) is 52.9 Å². The normalized spacial score (nSPS) is 11.4. The van der Waals surface area contributed by atoms with E-state index in [1.807, 2.05) is 0 Å². The molecule has 36 heavy (non-hydrogen) atoms. The molecule has 204 valence electrons. The largest absolute Gasteiger partial charge is 0.501 e. The van der Waals surface area contributed by atoms with Crippen LogP contribution in [0.3, 0.4) is 0 Å². The minimum absolute atomic E-state index is 0.158. The highest BCUT2D eigenvalue weighted by Gasteiger charge is 2.45. The maximum absolute atomic E-state index is 11.7. The van der Waals surface area contributed by atoms with Crippen LogP contribution in [0.1, 0.15) is 52.9 Å². The molecule has 0 bridgehead atoms. The van der Waals surface area contributed by atoms with E-state index in [1.54, 1.807) is 26.8 Å². The summed E-state index contributed by atoms with van der Waals surface area (Å²) in [7, 11) is -0.214. The van der Waals surface area contributed by atoms with Gasteiger partial charge in [-0.1, -0.05) is 25.8 Å². The van der Waals surface area contributed by atoms with Crippen molar-refractivity contribution in [3.63, 3.8) is 0 Å². The number of esters is 3. The monoisotopic (exact) mass is 526 g/mol. The lowest BCUT2D eigenvalue weighted by Gasteiger charge is -2.39. The van der Waals surface area contributed by atoms with Gasteiger partial charge < -0.3 is 27.5 Å². The van der Waals surface area contributed by atoms with Gasteiger partial charge in [0.2, 0.25) is 0 Å². The number of hydrogen-bond acceptors (Lipinski definition) is 9. The van der Waals surface area contributed by atoms with Gasteiger partial charge in [0, 0.05) is 37.0 Å². The summed E-state index contributed by atoms with van der Waals surface area (Å²) < 4.78 is 33.6. The van der Waals surface area contributed by atoms with E-state index < -0.39 is 32.3 Å². The molecule has 0 unspecified atom stereocenters. The fourth-order valence-corrected chi connectivity index (χ4v) is 5.43. The van der Waals surface area contributed by atoms with Crippen LogP contribution >= 0.6 is 0 Å². The summed E-state index contributed by atoms with van der Waals surface area (Å²) in [4.78, 5) is 35.1. The van der Waals surface area contributed by atoms with Crippen LogP contribution in [0.25, 0.3) is 0 Å². The lowest BCUT2D eigenvalue weighted by atomic mass is 9.92. The Morgan fingerprint density at radius 2 is 1.08 bits per heavy atom. The molecule has 0 rings (SSSR count). The van der Waals surface area contributed by atoms with Crippen molar-refractivity contribution in [2.75, 3.05) is 34.0 Å². The molecule has 0 aliphatic heterocycles. The first kappa shape index (κ1) is 33.5. The van der Waals surface area contributed by atoms with E-state index in [2.05, 4.69) is 26.3 Å². The van der Waals surface area contributed by atoms with Crippen molar-refractivity contribution in [1.29, 1.82) is 0 Å². The molecule has 0 aromatic heterocycles. The number of carbonyl (C=O) groups excluding carboxylic acids is 3. The molecule has 0 aliphatic rings. The lowest BCUT2D eigenvalue weighted by molar-refractivity contribution is -0.140. The fourth-order valence-electron chi connectivity index (χ4n) is 3.10. The zero-order valence-corrected chi connectivity index (χ0v) is 23.4. The van der Waals surface area contributed by atoms with Crippen molar-refractivity contribution in [3.8, 4) is 0 Å². The Kier molecular flexibility index (Phi) is 15.8. The minimum atomic E-state index is -3.23. The van der Waals surface area contributed by atoms with Gasteiger partial charge in [-0.2, -0.15) is 0 Å². The summed E-state index contributed by atoms with van der Waals surface area (Å²) in [5.41, 5.74) is 0.0487. The van der Waals surface area contributed by atoms with E-state index in [0.717, 1.165) is 0 Å². The van der Waals surface area contributed by atoms with Crippen LogP contribution < -0.4 is 0 Å². The van der Waals surface area contributed by atoms with Gasteiger partial charge in [-0.25, -0.2) is 14.4 Å². The van der Waals surface area contributed by atoms with E-state index in [-0.39, 0.29) is 19.8 Å². The average molecular weight is 527 g/mol. The molecular weight excluding hydrogens is 484 g/mol. The number of carbonyl (C=O) groups is 3. The van der Waals surface area contributed by atoms with E-state index in [0.29, 0.717) is 54.9 Å². The predicted molar refractivity (Wildman–Crippen MR) is 139 cm³/mol. The molecule has 0 heterocycles. The Labute approximate surface area is 216 Å². The predicted octanol–water partition coefficient (Wildman–Crippen LogP) is 4.47. The van der Waals surface area contributed by atoms with Gasteiger partial charge in [0.25, 0.3) is 0 Å². The zero-order chi connectivity index (χ0) is 27.8. The van der Waals surface area contributed by atoms with Gasteiger partial charge in [0.15, 0.2) is 0 Å². The molecule has 0 aromatic rings. The van der Waals surface area contributed by atoms with Gasteiger partial charge in [0.05, 0.1) is 25.4 Å². The van der Waals surface area contributed by atoms with Crippen molar-refractivity contribution < 1.29 is 41.9 Å². The topological polar surface area (TPSA) is 107 Å². The molecule has 0 N–H and O–H groups in total. The quantitative estimate of drug-likeness (QED) is 0.0567. The van der Waals surface area contributed by atoms with Crippen molar-refractivity contribution in [2.45, 2.75) is 64.5 Å². The lowest BCUT2D eigenvalue weighted by Crippen LogP contribution is -2.51. The summed E-state index contributed by atoms with van der Waals surface area (Å²) in [6.45, 7) is 19.9. The number of hydrogen-bond donors (Lipinski definition) is 0. The van der Waals surface area contributed by atoms with Gasteiger partial charge >= 0.3 is 26.7 Å². The van der Waals surface area contributed by atoms with E-state index >= 15 is 0 Å². The van der Waals surface area contributed by atoms with Crippen LogP contribution in [0.15, 0.2) is 49.1 Å². The highest BCUT2D eigenvalue weighted by atomic mass is 28.4. The highest BCUT2D eigenvalue weighted by Crippen LogP contribution is 2.32. The van der Waals surface area contributed by atoms with E-state index in [9.17, 15) is 14.4 Å². The maximum Gasteiger partial charge on any atom is 0.501 e. The molecule has 0 aromatic carbocycles. The fraction of sp³-hybridized carbons (Fsp3) is 0.577. The van der Waals surface area contributed by atoms with Crippen LogP contribution in [0, 0.1) is 0 Å². The first-order chi connectivity index (χ1) is 16.9. The van der Waals surface area contributed by atoms with Gasteiger partial charge in [-0.15, -0.1) is 6.58 Å². The second-order valence-corrected chi connectivity index (χ2v) is 11.4. The molecular formula is C26H42O9Si. The Balaban J connectivity index is 5.43. The SMILES string of the molecule is C=CC(CCCOC(=O)C(=C)C)(CCCOC(=O)C(=C)C)O[Si](CCCOC(=O)C(=C)C)(OC)OC. The van der Waals surface area contributed by atoms with Crippen LogP contribution in [0.4, 0.5) is 0 Å². The third kappa shape index (κ3) is 12.4. The van der Waals surface area contributed by atoms with Crippen LogP contribution in [0.2, 0.25) is 6.04 Å². The molecule has 0 fully saturated rings.